The van der Waals surface area contributed by atoms with Gasteiger partial charge in [0, 0.05) is 0 Å². The summed E-state index contributed by atoms with van der Waals surface area (Å²) in [6.45, 7) is 1.63. The smallest absolute Gasteiger partial charge is 0.206 e. The van der Waals surface area contributed by atoms with E-state index in [9.17, 15) is 8.42 Å². The largest absolute Gasteiger partial charge is 0.491 e. The number of ether oxygens (including phenoxy) is 3. The van der Waals surface area contributed by atoms with E-state index >= 15 is 0 Å². The van der Waals surface area contributed by atoms with Crippen molar-refractivity contribution in [2.45, 2.75) is 22.5 Å². The summed E-state index contributed by atoms with van der Waals surface area (Å²) in [7, 11) is -3.59. The van der Waals surface area contributed by atoms with Crippen molar-refractivity contribution >= 4 is 9.84 Å². The molecule has 144 valence electrons. The van der Waals surface area contributed by atoms with Gasteiger partial charge in [0.15, 0.2) is 0 Å². The predicted molar refractivity (Wildman–Crippen MR) is 104 cm³/mol. The van der Waals surface area contributed by atoms with Crippen LogP contribution in [0.5, 0.6) is 11.5 Å². The predicted octanol–water partition coefficient (Wildman–Crippen LogP) is 3.88. The van der Waals surface area contributed by atoms with Crippen molar-refractivity contribution in [1.29, 1.82) is 0 Å². The maximum absolute atomic E-state index is 12.8. The van der Waals surface area contributed by atoms with Crippen molar-refractivity contribution < 1.29 is 22.6 Å². The van der Waals surface area contributed by atoms with Crippen LogP contribution in [0.4, 0.5) is 0 Å². The Morgan fingerprint density at radius 3 is 1.86 bits per heavy atom. The molecule has 28 heavy (non-hydrogen) atoms. The average Bonchev–Trinajstić information content (AvgIpc) is 3.57. The van der Waals surface area contributed by atoms with Crippen molar-refractivity contribution in [3.8, 4) is 11.5 Å². The molecule has 5 nitrogen and oxygen atoms in total. The van der Waals surface area contributed by atoms with Gasteiger partial charge in [0.2, 0.25) is 9.84 Å². The van der Waals surface area contributed by atoms with Crippen LogP contribution in [0.15, 0.2) is 88.7 Å². The van der Waals surface area contributed by atoms with Gasteiger partial charge >= 0.3 is 0 Å². The van der Waals surface area contributed by atoms with Crippen molar-refractivity contribution in [1.82, 2.24) is 0 Å². The van der Waals surface area contributed by atoms with Crippen LogP contribution in [0.25, 0.3) is 0 Å². The zero-order chi connectivity index (χ0) is 19.4. The van der Waals surface area contributed by atoms with E-state index in [2.05, 4.69) is 0 Å². The van der Waals surface area contributed by atoms with Gasteiger partial charge in [-0.15, -0.1) is 0 Å². The van der Waals surface area contributed by atoms with E-state index in [-0.39, 0.29) is 15.9 Å². The van der Waals surface area contributed by atoms with E-state index in [1.165, 1.54) is 0 Å². The van der Waals surface area contributed by atoms with Crippen LogP contribution in [-0.2, 0) is 21.2 Å². The minimum absolute atomic E-state index is 0.158. The van der Waals surface area contributed by atoms with Gasteiger partial charge in [-0.25, -0.2) is 8.42 Å². The lowest BCUT2D eigenvalue weighted by Crippen LogP contribution is -2.05. The Bertz CT molecular complexity index is 1010. The zero-order valence-corrected chi connectivity index (χ0v) is 16.0. The summed E-state index contributed by atoms with van der Waals surface area (Å²) in [6, 6.07) is 22.7. The molecule has 1 atom stereocenters. The molecule has 1 fully saturated rings. The second-order valence-electron chi connectivity index (χ2n) is 6.49. The lowest BCUT2D eigenvalue weighted by Gasteiger charge is -2.09. The average molecular weight is 396 g/mol. The Hall–Kier alpha value is -2.83. The van der Waals surface area contributed by atoms with Gasteiger partial charge < -0.3 is 14.2 Å². The standard InChI is InChI=1S/C22H20O5S/c23-28(24,22-12-8-19(9-13-22)26-15-20-16-27-20)21-10-6-18(7-11-21)25-14-17-4-2-1-3-5-17/h1-13,20H,14-16H2. The first-order valence-corrected chi connectivity index (χ1v) is 10.5. The quantitative estimate of drug-likeness (QED) is 0.541. The molecule has 1 unspecified atom stereocenters. The minimum atomic E-state index is -3.59. The van der Waals surface area contributed by atoms with Gasteiger partial charge in [0.1, 0.15) is 30.8 Å². The highest BCUT2D eigenvalue weighted by Crippen LogP contribution is 2.25. The highest BCUT2D eigenvalue weighted by atomic mass is 32.2. The topological polar surface area (TPSA) is 65.1 Å². The Labute approximate surface area is 164 Å². The number of hydrogen-bond donors (Lipinski definition) is 0. The molecule has 0 N–H and O–H groups in total. The Balaban J connectivity index is 1.41. The third-order valence-electron chi connectivity index (χ3n) is 4.35. The number of rotatable bonds is 8. The Kier molecular flexibility index (Phi) is 5.32. The third kappa shape index (κ3) is 4.52. The molecule has 1 aliphatic heterocycles. The molecule has 3 aromatic carbocycles. The second-order valence-corrected chi connectivity index (χ2v) is 8.44. The first kappa shape index (κ1) is 18.5. The molecular formula is C22H20O5S. The van der Waals surface area contributed by atoms with Crippen LogP contribution in [0.2, 0.25) is 0 Å². The first-order chi connectivity index (χ1) is 13.6. The normalized spacial score (nSPS) is 15.8. The molecule has 6 heteroatoms. The van der Waals surface area contributed by atoms with Gasteiger partial charge in [-0.2, -0.15) is 0 Å². The fourth-order valence-electron chi connectivity index (χ4n) is 2.66. The van der Waals surface area contributed by atoms with Crippen molar-refractivity contribution in [2.75, 3.05) is 13.2 Å². The van der Waals surface area contributed by atoms with E-state index in [1.807, 2.05) is 30.3 Å². The molecule has 0 bridgehead atoms. The van der Waals surface area contributed by atoms with E-state index in [4.69, 9.17) is 14.2 Å². The lowest BCUT2D eigenvalue weighted by atomic mass is 10.2. The summed E-state index contributed by atoms with van der Waals surface area (Å²) in [5, 5.41) is 0. The molecular weight excluding hydrogens is 376 g/mol. The van der Waals surface area contributed by atoms with Crippen LogP contribution in [0.1, 0.15) is 5.56 Å². The molecule has 1 heterocycles. The number of benzene rings is 3. The summed E-state index contributed by atoms with van der Waals surface area (Å²) in [5.74, 6) is 1.24. The number of sulfone groups is 1. The Morgan fingerprint density at radius 2 is 1.32 bits per heavy atom. The van der Waals surface area contributed by atoms with E-state index < -0.39 is 9.84 Å². The highest BCUT2D eigenvalue weighted by molar-refractivity contribution is 7.91. The van der Waals surface area contributed by atoms with E-state index in [0.717, 1.165) is 12.2 Å². The van der Waals surface area contributed by atoms with Crippen molar-refractivity contribution in [2.24, 2.45) is 0 Å². The fraction of sp³-hybridized carbons (Fsp3) is 0.182. The van der Waals surface area contributed by atoms with Gasteiger partial charge in [0.05, 0.1) is 16.4 Å². The van der Waals surface area contributed by atoms with Gasteiger partial charge in [-0.05, 0) is 54.1 Å². The lowest BCUT2D eigenvalue weighted by molar-refractivity contribution is 0.263. The highest BCUT2D eigenvalue weighted by Gasteiger charge is 2.23. The Morgan fingerprint density at radius 1 is 0.786 bits per heavy atom. The fourth-order valence-corrected chi connectivity index (χ4v) is 3.92. The van der Waals surface area contributed by atoms with Gasteiger partial charge in [-0.3, -0.25) is 0 Å². The first-order valence-electron chi connectivity index (χ1n) is 8.98. The maximum atomic E-state index is 12.8. The monoisotopic (exact) mass is 396 g/mol. The van der Waals surface area contributed by atoms with Crippen molar-refractivity contribution in [3.05, 3.63) is 84.4 Å². The summed E-state index contributed by atoms with van der Waals surface area (Å²) < 4.78 is 42.0. The second kappa shape index (κ2) is 8.04. The summed E-state index contributed by atoms with van der Waals surface area (Å²) in [4.78, 5) is 0.445. The van der Waals surface area contributed by atoms with Crippen LogP contribution >= 0.6 is 0 Å². The van der Waals surface area contributed by atoms with Gasteiger partial charge in [-0.1, -0.05) is 30.3 Å². The van der Waals surface area contributed by atoms with Gasteiger partial charge in [0.25, 0.3) is 0 Å². The minimum Gasteiger partial charge on any atom is -0.491 e. The molecule has 1 aliphatic rings. The number of hydrogen-bond acceptors (Lipinski definition) is 5. The molecule has 0 saturated carbocycles. The van der Waals surface area contributed by atoms with E-state index in [1.54, 1.807) is 48.5 Å². The van der Waals surface area contributed by atoms with Crippen LogP contribution in [-0.4, -0.2) is 27.7 Å². The van der Waals surface area contributed by atoms with E-state index in [0.29, 0.717) is 24.7 Å². The summed E-state index contributed by atoms with van der Waals surface area (Å²) in [5.41, 5.74) is 1.05. The van der Waals surface area contributed by atoms with Crippen LogP contribution < -0.4 is 9.47 Å². The maximum Gasteiger partial charge on any atom is 0.206 e. The molecule has 0 amide bonds. The van der Waals surface area contributed by atoms with Crippen LogP contribution in [0, 0.1) is 0 Å². The molecule has 0 aliphatic carbocycles. The molecule has 3 aromatic rings. The zero-order valence-electron chi connectivity index (χ0n) is 15.2. The molecule has 0 spiro atoms. The molecule has 1 saturated heterocycles. The summed E-state index contributed by atoms with van der Waals surface area (Å²) >= 11 is 0. The summed E-state index contributed by atoms with van der Waals surface area (Å²) in [6.07, 6.45) is 0.158. The molecule has 4 rings (SSSR count). The third-order valence-corrected chi connectivity index (χ3v) is 6.14. The van der Waals surface area contributed by atoms with Crippen molar-refractivity contribution in [3.63, 3.8) is 0 Å². The van der Waals surface area contributed by atoms with Crippen LogP contribution in [0.3, 0.4) is 0 Å². The molecule has 0 radical (unpaired) electrons. The molecule has 0 aromatic heterocycles. The number of epoxide rings is 1. The SMILES string of the molecule is O=S(=O)(c1ccc(OCc2ccccc2)cc1)c1ccc(OCC2CO2)cc1.